The van der Waals surface area contributed by atoms with Crippen LogP contribution in [0.5, 0.6) is 11.5 Å². The summed E-state index contributed by atoms with van der Waals surface area (Å²) < 4.78 is 15.1. The molecular formula is C19H20N2O7. The number of non-ortho nitro benzene ring substituents is 1. The molecule has 2 N–H and O–H groups in total. The molecule has 0 unspecified atom stereocenters. The molecule has 9 nitrogen and oxygen atoms in total. The van der Waals surface area contributed by atoms with E-state index in [1.54, 1.807) is 24.3 Å². The lowest BCUT2D eigenvalue weighted by Crippen LogP contribution is -2.11. The second kappa shape index (κ2) is 10.6. The maximum absolute atomic E-state index is 11.7. The van der Waals surface area contributed by atoms with Gasteiger partial charge in [-0.1, -0.05) is 12.1 Å². The van der Waals surface area contributed by atoms with Gasteiger partial charge >= 0.3 is 12.1 Å². The first kappa shape index (κ1) is 20.8. The number of hydrogen-bond donors (Lipinski definition) is 1. The summed E-state index contributed by atoms with van der Waals surface area (Å²) in [7, 11) is 0. The highest BCUT2D eigenvalue weighted by atomic mass is 16.7. The third kappa shape index (κ3) is 7.04. The molecule has 2 aromatic carbocycles. The Balaban J connectivity index is 1.76. The molecule has 9 heteroatoms. The summed E-state index contributed by atoms with van der Waals surface area (Å²) in [5, 5.41) is 10.6. The summed E-state index contributed by atoms with van der Waals surface area (Å²) in [6.07, 6.45) is 0.806. The van der Waals surface area contributed by atoms with Gasteiger partial charge in [0.1, 0.15) is 18.1 Å². The normalized spacial score (nSPS) is 10.2. The average Bonchev–Trinajstić information content (AvgIpc) is 2.68. The number of esters is 1. The number of carbonyl (C=O) groups excluding carboxylic acids is 2. The van der Waals surface area contributed by atoms with Gasteiger partial charge in [0.25, 0.3) is 5.69 Å². The van der Waals surface area contributed by atoms with E-state index in [1.807, 2.05) is 0 Å². The third-order valence-electron chi connectivity index (χ3n) is 3.60. The number of unbranched alkanes of at least 4 members (excludes halogenated alkanes) is 1. The average molecular weight is 388 g/mol. The number of benzene rings is 2. The van der Waals surface area contributed by atoms with Crippen molar-refractivity contribution in [3.8, 4) is 11.5 Å². The Morgan fingerprint density at radius 1 is 0.929 bits per heavy atom. The van der Waals surface area contributed by atoms with E-state index in [4.69, 9.17) is 19.9 Å². The summed E-state index contributed by atoms with van der Waals surface area (Å²) in [5.74, 6) is 0.201. The van der Waals surface area contributed by atoms with Crippen LogP contribution in [0.4, 0.5) is 10.5 Å². The highest BCUT2D eigenvalue weighted by Gasteiger charge is 2.10. The van der Waals surface area contributed by atoms with Gasteiger partial charge in [0, 0.05) is 18.6 Å². The Bertz CT molecular complexity index is 804. The number of nitro benzene ring substituents is 1. The molecule has 0 spiro atoms. The molecule has 148 valence electrons. The van der Waals surface area contributed by atoms with Gasteiger partial charge in [0.2, 0.25) is 0 Å². The Morgan fingerprint density at radius 3 is 2.14 bits per heavy atom. The van der Waals surface area contributed by atoms with Crippen molar-refractivity contribution in [3.05, 3.63) is 64.2 Å². The number of nitro groups is 1. The summed E-state index contributed by atoms with van der Waals surface area (Å²) >= 11 is 0. The van der Waals surface area contributed by atoms with Crippen molar-refractivity contribution in [1.82, 2.24) is 0 Å². The van der Waals surface area contributed by atoms with Gasteiger partial charge in [-0.15, -0.1) is 0 Å². The van der Waals surface area contributed by atoms with E-state index in [2.05, 4.69) is 0 Å². The van der Waals surface area contributed by atoms with Crippen LogP contribution in [0.15, 0.2) is 48.5 Å². The zero-order valence-corrected chi connectivity index (χ0v) is 15.0. The fourth-order valence-corrected chi connectivity index (χ4v) is 2.15. The van der Waals surface area contributed by atoms with Crippen molar-refractivity contribution in [1.29, 1.82) is 0 Å². The number of nitrogens with two attached hydrogens (primary N) is 1. The molecule has 2 aromatic rings. The van der Waals surface area contributed by atoms with E-state index in [0.717, 1.165) is 6.42 Å². The maximum Gasteiger partial charge on any atom is 0.514 e. The molecule has 0 bridgehead atoms. The van der Waals surface area contributed by atoms with E-state index >= 15 is 0 Å². The fourth-order valence-electron chi connectivity index (χ4n) is 2.15. The molecule has 0 amide bonds. The number of nitrogens with zero attached hydrogens (tertiary/aromatic N) is 1. The molecule has 0 atom stereocenters. The van der Waals surface area contributed by atoms with Gasteiger partial charge in [-0.3, -0.25) is 14.9 Å². The monoisotopic (exact) mass is 388 g/mol. The van der Waals surface area contributed by atoms with Gasteiger partial charge in [-0.25, -0.2) is 4.79 Å². The minimum atomic E-state index is -0.940. The smallest absolute Gasteiger partial charge is 0.429 e. The minimum absolute atomic E-state index is 0.0451. The second-order valence-corrected chi connectivity index (χ2v) is 5.76. The molecule has 28 heavy (non-hydrogen) atoms. The van der Waals surface area contributed by atoms with Crippen molar-refractivity contribution >= 4 is 17.8 Å². The molecule has 0 radical (unpaired) electrons. The zero-order valence-electron chi connectivity index (χ0n) is 15.0. The molecule has 0 heterocycles. The Morgan fingerprint density at radius 2 is 1.54 bits per heavy atom. The van der Waals surface area contributed by atoms with Crippen LogP contribution in [-0.2, 0) is 16.1 Å². The van der Waals surface area contributed by atoms with Gasteiger partial charge in [-0.05, 0) is 49.2 Å². The lowest BCUT2D eigenvalue weighted by molar-refractivity contribution is -0.384. The molecule has 2 rings (SSSR count). The largest absolute Gasteiger partial charge is 0.514 e. The Hall–Kier alpha value is -3.46. The van der Waals surface area contributed by atoms with Crippen LogP contribution in [0.1, 0.15) is 24.8 Å². The van der Waals surface area contributed by atoms with E-state index in [1.165, 1.54) is 24.3 Å². The van der Waals surface area contributed by atoms with Gasteiger partial charge in [0.05, 0.1) is 4.92 Å². The van der Waals surface area contributed by atoms with Crippen LogP contribution < -0.4 is 15.2 Å². The van der Waals surface area contributed by atoms with Crippen LogP contribution in [0.3, 0.4) is 0 Å². The van der Waals surface area contributed by atoms with Crippen molar-refractivity contribution in [3.63, 3.8) is 0 Å². The number of ether oxygens (including phenoxy) is 3. The minimum Gasteiger partial charge on any atom is -0.429 e. The molecule has 0 aromatic heterocycles. The highest BCUT2D eigenvalue weighted by Crippen LogP contribution is 2.18. The highest BCUT2D eigenvalue weighted by molar-refractivity contribution is 5.72. The molecule has 0 saturated carbocycles. The summed E-state index contributed by atoms with van der Waals surface area (Å²) in [6, 6.07) is 11.6. The molecule has 0 aliphatic carbocycles. The summed E-state index contributed by atoms with van der Waals surface area (Å²) in [6.45, 7) is 0.491. The zero-order chi connectivity index (χ0) is 20.4. The van der Waals surface area contributed by atoms with Crippen molar-refractivity contribution in [2.45, 2.75) is 25.9 Å². The van der Waals surface area contributed by atoms with Crippen LogP contribution in [0, 0.1) is 10.1 Å². The molecule has 0 aliphatic heterocycles. The van der Waals surface area contributed by atoms with Crippen LogP contribution in [0.25, 0.3) is 0 Å². The van der Waals surface area contributed by atoms with E-state index in [-0.39, 0.29) is 24.0 Å². The maximum atomic E-state index is 11.7. The van der Waals surface area contributed by atoms with E-state index < -0.39 is 11.1 Å². The quantitative estimate of drug-likeness (QED) is 0.173. The predicted octanol–water partition coefficient (Wildman–Crippen LogP) is 3.34. The second-order valence-electron chi connectivity index (χ2n) is 5.76. The molecule has 0 saturated heterocycles. The first-order valence-electron chi connectivity index (χ1n) is 8.56. The predicted molar refractivity (Wildman–Crippen MR) is 98.9 cm³/mol. The Kier molecular flexibility index (Phi) is 7.92. The van der Waals surface area contributed by atoms with Crippen LogP contribution in [-0.4, -0.2) is 23.6 Å². The summed E-state index contributed by atoms with van der Waals surface area (Å²) in [4.78, 5) is 33.3. The number of hydrogen-bond acceptors (Lipinski definition) is 8. The van der Waals surface area contributed by atoms with Gasteiger partial charge in [0.15, 0.2) is 0 Å². The lowest BCUT2D eigenvalue weighted by atomic mass is 10.2. The molecule has 0 aliphatic rings. The first-order chi connectivity index (χ1) is 13.5. The first-order valence-corrected chi connectivity index (χ1v) is 8.56. The Labute approximate surface area is 161 Å². The fraction of sp³-hybridized carbons (Fsp3) is 0.263. The van der Waals surface area contributed by atoms with Crippen molar-refractivity contribution in [2.24, 2.45) is 5.73 Å². The lowest BCUT2D eigenvalue weighted by Gasteiger charge is -2.07. The van der Waals surface area contributed by atoms with E-state index in [9.17, 15) is 19.7 Å². The number of rotatable bonds is 9. The van der Waals surface area contributed by atoms with Gasteiger partial charge < -0.3 is 19.9 Å². The topological polar surface area (TPSA) is 131 Å². The van der Waals surface area contributed by atoms with Crippen molar-refractivity contribution in [2.75, 3.05) is 6.54 Å². The van der Waals surface area contributed by atoms with Crippen LogP contribution >= 0.6 is 0 Å². The third-order valence-corrected chi connectivity index (χ3v) is 3.60. The molecular weight excluding hydrogens is 368 g/mol. The standard InChI is InChI=1S/C19H20N2O7/c20-12-2-1-3-18(22)27-16-8-4-14(5-9-16)13-26-19(23)28-17-10-6-15(7-11-17)21(24)25/h4-11H,1-3,12-13,20H2. The van der Waals surface area contributed by atoms with Gasteiger partial charge in [-0.2, -0.15) is 0 Å². The SMILES string of the molecule is NCCCCC(=O)Oc1ccc(COC(=O)Oc2ccc([N+](=O)[O-])cc2)cc1. The van der Waals surface area contributed by atoms with Crippen LogP contribution in [0.2, 0.25) is 0 Å². The molecule has 0 fully saturated rings. The van der Waals surface area contributed by atoms with Crippen molar-refractivity contribution < 1.29 is 28.7 Å². The summed E-state index contributed by atoms with van der Waals surface area (Å²) in [5.41, 5.74) is 5.93. The van der Waals surface area contributed by atoms with E-state index in [0.29, 0.717) is 30.7 Å². The number of carbonyl (C=O) groups is 2.